The lowest BCUT2D eigenvalue weighted by Crippen LogP contribution is -2.18. The summed E-state index contributed by atoms with van der Waals surface area (Å²) in [4.78, 5) is 13.0. The Bertz CT molecular complexity index is 656. The van der Waals surface area contributed by atoms with Gasteiger partial charge in [-0.1, -0.05) is 114 Å². The zero-order chi connectivity index (χ0) is 22.2. The second-order valence-corrected chi connectivity index (χ2v) is 8.56. The third kappa shape index (κ3) is 9.74. The van der Waals surface area contributed by atoms with Crippen LogP contribution in [0.2, 0.25) is 0 Å². The maximum absolute atomic E-state index is 13.0. The van der Waals surface area contributed by atoms with Gasteiger partial charge in [-0.25, -0.2) is 0 Å². The Labute approximate surface area is 186 Å². The van der Waals surface area contributed by atoms with Crippen molar-refractivity contribution in [2.24, 2.45) is 11.8 Å². The van der Waals surface area contributed by atoms with Crippen LogP contribution in [0.1, 0.15) is 90.2 Å². The molecule has 30 heavy (non-hydrogen) atoms. The highest BCUT2D eigenvalue weighted by molar-refractivity contribution is 5.99. The van der Waals surface area contributed by atoms with Crippen LogP contribution in [0, 0.1) is 11.8 Å². The molecule has 1 atom stereocenters. The minimum Gasteiger partial charge on any atom is -0.294 e. The number of aryl methyl sites for hydroxylation is 1. The Morgan fingerprint density at radius 3 is 2.07 bits per heavy atom. The molecule has 0 bridgehead atoms. The van der Waals surface area contributed by atoms with Crippen molar-refractivity contribution in [1.29, 1.82) is 0 Å². The van der Waals surface area contributed by atoms with Crippen LogP contribution in [0.4, 0.5) is 0 Å². The predicted octanol–water partition coefficient (Wildman–Crippen LogP) is 8.44. The van der Waals surface area contributed by atoms with Gasteiger partial charge >= 0.3 is 0 Å². The number of rotatable bonds is 16. The van der Waals surface area contributed by atoms with Crippen molar-refractivity contribution in [3.8, 4) is 0 Å². The quantitative estimate of drug-likeness (QED) is 0.198. The van der Waals surface area contributed by atoms with E-state index in [2.05, 4.69) is 51.6 Å². The van der Waals surface area contributed by atoms with E-state index in [-0.39, 0.29) is 11.7 Å². The summed E-state index contributed by atoms with van der Waals surface area (Å²) < 4.78 is 0. The molecular formula is C29H44O. The number of Topliss-reactive ketones (excluding diaryl/α,β-unsaturated/α-hetero) is 1. The molecule has 0 aliphatic heterocycles. The molecule has 0 aliphatic carbocycles. The van der Waals surface area contributed by atoms with Crippen molar-refractivity contribution in [2.45, 2.75) is 91.9 Å². The first-order valence-electron chi connectivity index (χ1n) is 12.2. The van der Waals surface area contributed by atoms with E-state index < -0.39 is 0 Å². The maximum atomic E-state index is 13.0. The molecule has 0 saturated carbocycles. The average Bonchev–Trinajstić information content (AvgIpc) is 2.75. The first-order valence-corrected chi connectivity index (χ1v) is 12.2. The van der Waals surface area contributed by atoms with Gasteiger partial charge in [-0.2, -0.15) is 0 Å². The molecule has 0 spiro atoms. The van der Waals surface area contributed by atoms with Crippen molar-refractivity contribution in [3.05, 3.63) is 71.8 Å². The summed E-state index contributed by atoms with van der Waals surface area (Å²) in [6.07, 6.45) is 19.3. The first-order chi connectivity index (χ1) is 14.6. The standard InChI is InChI=1S/C29H44O/c1-6-11-18-27(10-5)29(30)28(15-9-4)23-26-21-19-25(20-22-26)17-12-16-24(13-7-2)14-8-3/h6,10-11,18-22,24,28H,5,7-9,12-17,23H2,1-4H3/b11-6-,27-18+. The molecule has 0 N–H and O–H groups in total. The van der Waals surface area contributed by atoms with Gasteiger partial charge in [0, 0.05) is 11.5 Å². The zero-order valence-electron chi connectivity index (χ0n) is 20.0. The maximum Gasteiger partial charge on any atom is 0.166 e. The molecule has 0 aliphatic rings. The van der Waals surface area contributed by atoms with E-state index in [1.165, 1.54) is 49.7 Å². The molecule has 1 heteroatoms. The number of benzene rings is 1. The second kappa shape index (κ2) is 15.9. The van der Waals surface area contributed by atoms with E-state index in [0.29, 0.717) is 0 Å². The highest BCUT2D eigenvalue weighted by Crippen LogP contribution is 2.22. The summed E-state index contributed by atoms with van der Waals surface area (Å²) in [6.45, 7) is 12.5. The number of hydrogen-bond donors (Lipinski definition) is 0. The third-order valence-corrected chi connectivity index (χ3v) is 5.96. The van der Waals surface area contributed by atoms with Crippen molar-refractivity contribution >= 4 is 5.78 Å². The molecule has 0 amide bonds. The normalized spacial score (nSPS) is 13.2. The van der Waals surface area contributed by atoms with Gasteiger partial charge in [0.1, 0.15) is 0 Å². The van der Waals surface area contributed by atoms with Crippen LogP contribution in [0.15, 0.2) is 60.7 Å². The number of carbonyl (C=O) groups excluding carboxylic acids is 1. The second-order valence-electron chi connectivity index (χ2n) is 8.56. The van der Waals surface area contributed by atoms with E-state index >= 15 is 0 Å². The van der Waals surface area contributed by atoms with Crippen molar-refractivity contribution in [1.82, 2.24) is 0 Å². The number of allylic oxidation sites excluding steroid dienone is 5. The van der Waals surface area contributed by atoms with Crippen LogP contribution >= 0.6 is 0 Å². The Morgan fingerprint density at radius 1 is 0.933 bits per heavy atom. The Balaban J connectivity index is 2.69. The van der Waals surface area contributed by atoms with Gasteiger partial charge in [-0.05, 0) is 49.7 Å². The van der Waals surface area contributed by atoms with E-state index in [0.717, 1.165) is 37.2 Å². The highest BCUT2D eigenvalue weighted by atomic mass is 16.1. The molecule has 0 saturated heterocycles. The monoisotopic (exact) mass is 408 g/mol. The van der Waals surface area contributed by atoms with Gasteiger partial charge in [0.25, 0.3) is 0 Å². The fourth-order valence-corrected chi connectivity index (χ4v) is 4.33. The lowest BCUT2D eigenvalue weighted by atomic mass is 9.87. The molecule has 0 radical (unpaired) electrons. The van der Waals surface area contributed by atoms with Crippen LogP contribution in [0.3, 0.4) is 0 Å². The first kappa shape index (κ1) is 26.1. The number of carbonyl (C=O) groups is 1. The Morgan fingerprint density at radius 2 is 1.53 bits per heavy atom. The summed E-state index contributed by atoms with van der Waals surface area (Å²) >= 11 is 0. The van der Waals surface area contributed by atoms with Crippen LogP contribution < -0.4 is 0 Å². The van der Waals surface area contributed by atoms with Crippen LogP contribution in [-0.4, -0.2) is 5.78 Å². The predicted molar refractivity (Wildman–Crippen MR) is 133 cm³/mol. The van der Waals surface area contributed by atoms with Gasteiger partial charge < -0.3 is 0 Å². The zero-order valence-corrected chi connectivity index (χ0v) is 20.0. The van der Waals surface area contributed by atoms with E-state index in [1.807, 2.05) is 25.2 Å². The summed E-state index contributed by atoms with van der Waals surface area (Å²) in [5, 5.41) is 0. The smallest absolute Gasteiger partial charge is 0.166 e. The van der Waals surface area contributed by atoms with Gasteiger partial charge in [0.2, 0.25) is 0 Å². The molecule has 0 heterocycles. The topological polar surface area (TPSA) is 17.1 Å². The minimum absolute atomic E-state index is 0.0270. The summed E-state index contributed by atoms with van der Waals surface area (Å²) in [6, 6.07) is 8.98. The van der Waals surface area contributed by atoms with E-state index in [9.17, 15) is 4.79 Å². The molecule has 0 aromatic heterocycles. The Kier molecular flexibility index (Phi) is 13.8. The average molecular weight is 409 g/mol. The van der Waals surface area contributed by atoms with Crippen LogP contribution in [0.5, 0.6) is 0 Å². The highest BCUT2D eigenvalue weighted by Gasteiger charge is 2.20. The van der Waals surface area contributed by atoms with Gasteiger partial charge in [-0.15, -0.1) is 0 Å². The van der Waals surface area contributed by atoms with Crippen molar-refractivity contribution in [2.75, 3.05) is 0 Å². The Hall–Kier alpha value is -1.89. The van der Waals surface area contributed by atoms with Crippen molar-refractivity contribution < 1.29 is 4.79 Å². The van der Waals surface area contributed by atoms with Gasteiger partial charge in [-0.3, -0.25) is 4.79 Å². The molecule has 1 nitrogen and oxygen atoms in total. The van der Waals surface area contributed by atoms with Crippen LogP contribution in [-0.2, 0) is 17.6 Å². The SMILES string of the molecule is C=C/C(=C\C=C/C)C(=O)C(CCC)Cc1ccc(CCCC(CCC)CCC)cc1. The largest absolute Gasteiger partial charge is 0.294 e. The van der Waals surface area contributed by atoms with E-state index in [1.54, 1.807) is 6.08 Å². The molecule has 1 aromatic carbocycles. The summed E-state index contributed by atoms with van der Waals surface area (Å²) in [5.41, 5.74) is 3.40. The fraction of sp³-hybridized carbons (Fsp3) is 0.552. The lowest BCUT2D eigenvalue weighted by Gasteiger charge is -2.16. The molecule has 166 valence electrons. The molecule has 1 aromatic rings. The molecule has 1 unspecified atom stereocenters. The van der Waals surface area contributed by atoms with Crippen molar-refractivity contribution in [3.63, 3.8) is 0 Å². The molecule has 0 fully saturated rings. The summed E-state index contributed by atoms with van der Waals surface area (Å²) in [5.74, 6) is 1.14. The summed E-state index contributed by atoms with van der Waals surface area (Å²) in [7, 11) is 0. The number of hydrogen-bond acceptors (Lipinski definition) is 1. The molecular weight excluding hydrogens is 364 g/mol. The number of ketones is 1. The molecule has 1 rings (SSSR count). The minimum atomic E-state index is 0.0270. The fourth-order valence-electron chi connectivity index (χ4n) is 4.33. The van der Waals surface area contributed by atoms with E-state index in [4.69, 9.17) is 0 Å². The van der Waals surface area contributed by atoms with Crippen LogP contribution in [0.25, 0.3) is 0 Å². The van der Waals surface area contributed by atoms with Gasteiger partial charge in [0.05, 0.1) is 0 Å². The third-order valence-electron chi connectivity index (χ3n) is 5.96. The lowest BCUT2D eigenvalue weighted by molar-refractivity contribution is -0.119. The van der Waals surface area contributed by atoms with Gasteiger partial charge in [0.15, 0.2) is 5.78 Å².